The number of nitrogens with two attached hydrogens (primary N) is 1. The van der Waals surface area contributed by atoms with Gasteiger partial charge in [-0.2, -0.15) is 0 Å². The Hall–Kier alpha value is -2.55. The summed E-state index contributed by atoms with van der Waals surface area (Å²) in [5, 5.41) is 56.6. The summed E-state index contributed by atoms with van der Waals surface area (Å²) in [6.45, 7) is 2.00. The summed E-state index contributed by atoms with van der Waals surface area (Å²) < 4.78 is 17.6. The third-order valence-corrected chi connectivity index (χ3v) is 11.3. The maximum atomic E-state index is 13.5. The normalized spacial score (nSPS) is 29.8. The zero-order valence-corrected chi connectivity index (χ0v) is 26.2. The van der Waals surface area contributed by atoms with Gasteiger partial charge >= 0.3 is 0 Å². The van der Waals surface area contributed by atoms with Gasteiger partial charge in [0.2, 0.25) is 6.29 Å². The van der Waals surface area contributed by atoms with Crippen molar-refractivity contribution in [1.29, 1.82) is 0 Å². The second-order valence-corrected chi connectivity index (χ2v) is 14.0. The second kappa shape index (κ2) is 14.3. The van der Waals surface area contributed by atoms with Crippen LogP contribution in [0.15, 0.2) is 48.5 Å². The van der Waals surface area contributed by atoms with E-state index in [4.69, 9.17) is 19.9 Å². The van der Waals surface area contributed by atoms with Crippen molar-refractivity contribution in [2.45, 2.75) is 68.2 Å². The van der Waals surface area contributed by atoms with Crippen LogP contribution in [0.3, 0.4) is 0 Å². The van der Waals surface area contributed by atoms with E-state index < -0.39 is 42.7 Å². The van der Waals surface area contributed by atoms with Gasteiger partial charge < -0.3 is 45.5 Å². The number of aliphatic hydroxyl groups excluding tert-OH is 4. The number of phenolic OH excluding ortho intramolecular Hbond substituents is 1. The number of aryl methyl sites for hydroxylation is 1. The number of fused-ring (bicyclic) bond motifs is 3. The number of hydrogen-bond donors (Lipinski definition) is 6. The molecule has 1 saturated heterocycles. The Kier molecular flexibility index (Phi) is 10.6. The molecule has 44 heavy (non-hydrogen) atoms. The highest BCUT2D eigenvalue weighted by Crippen LogP contribution is 2.44. The fourth-order valence-corrected chi connectivity index (χ4v) is 8.98. The molecule has 2 heterocycles. The highest BCUT2D eigenvalue weighted by molar-refractivity contribution is 8.76. The molecule has 5 rings (SSSR count). The SMILES string of the molecule is COc1cc2c3c(O)c(c(C)cc3c1)C(=O)CCSS[C@@H](Cc1ccccc1)[C@@H](CCN)[C@H](O)[C@@H]1O[C@H](O2)[C@H](O)[C@@H](O)[C@@H]1O. The zero-order chi connectivity index (χ0) is 31.5. The van der Waals surface area contributed by atoms with Gasteiger partial charge in [0.25, 0.3) is 0 Å². The fraction of sp³-hybridized carbons (Fsp3) is 0.469. The summed E-state index contributed by atoms with van der Waals surface area (Å²) in [5.74, 6) is -0.161. The molecule has 7 N–H and O–H groups in total. The van der Waals surface area contributed by atoms with E-state index >= 15 is 0 Å². The molecular weight excluding hydrogens is 606 g/mol. The first-order chi connectivity index (χ1) is 21.1. The molecule has 0 aromatic heterocycles. The minimum Gasteiger partial charge on any atom is -0.506 e. The maximum Gasteiger partial charge on any atom is 0.229 e. The average Bonchev–Trinajstić information content (AvgIpc) is 3.01. The zero-order valence-electron chi connectivity index (χ0n) is 24.5. The van der Waals surface area contributed by atoms with Gasteiger partial charge in [0.1, 0.15) is 41.7 Å². The number of carbonyl (C=O) groups is 1. The standard InChI is InChI=1S/C32H39NO9S2/c1-16-12-18-14-19(40-2)15-22-25(18)27(36)24(16)21(34)9-11-43-44-23(13-17-6-4-3-5-7-17)20(8-10-33)26(35)31-29(38)28(37)30(39)32(41-22)42-31/h3-7,12,14-15,20,23,26,28-32,35-39H,8-11,13,33H2,1-2H3/t20-,23+,26+,28+,29+,30-,31+,32+/m1/s1. The molecule has 0 radical (unpaired) electrons. The van der Waals surface area contributed by atoms with Crippen molar-refractivity contribution in [3.63, 3.8) is 0 Å². The Labute approximate surface area is 263 Å². The molecule has 8 atom stereocenters. The van der Waals surface area contributed by atoms with Gasteiger partial charge in [-0.05, 0) is 48.9 Å². The minimum atomic E-state index is -1.72. The number of carbonyl (C=O) groups excluding carboxylic acids is 1. The van der Waals surface area contributed by atoms with Crippen LogP contribution in [0, 0.1) is 12.8 Å². The van der Waals surface area contributed by atoms with Crippen molar-refractivity contribution in [1.82, 2.24) is 0 Å². The van der Waals surface area contributed by atoms with E-state index in [-0.39, 0.29) is 46.4 Å². The number of rotatable bonds is 5. The number of aromatic hydroxyl groups is 1. The largest absolute Gasteiger partial charge is 0.506 e. The lowest BCUT2D eigenvalue weighted by atomic mass is 9.84. The molecule has 3 aromatic rings. The van der Waals surface area contributed by atoms with E-state index in [1.54, 1.807) is 19.1 Å². The number of ketones is 1. The fourth-order valence-electron chi connectivity index (χ4n) is 6.05. The van der Waals surface area contributed by atoms with Crippen LogP contribution >= 0.6 is 21.6 Å². The first-order valence-electron chi connectivity index (χ1n) is 14.6. The van der Waals surface area contributed by atoms with Crippen LogP contribution in [0.4, 0.5) is 0 Å². The number of benzene rings is 3. The molecular formula is C32H39NO9S2. The maximum absolute atomic E-state index is 13.5. The Bertz CT molecular complexity index is 1460. The number of aliphatic hydroxyl groups is 4. The Morgan fingerprint density at radius 2 is 1.77 bits per heavy atom. The number of hydrogen-bond acceptors (Lipinski definition) is 12. The predicted octanol–water partition coefficient (Wildman–Crippen LogP) is 2.95. The summed E-state index contributed by atoms with van der Waals surface area (Å²) in [4.78, 5) is 13.5. The van der Waals surface area contributed by atoms with Crippen molar-refractivity contribution >= 4 is 38.1 Å². The van der Waals surface area contributed by atoms with Gasteiger partial charge in [-0.15, -0.1) is 0 Å². The van der Waals surface area contributed by atoms with E-state index in [9.17, 15) is 30.3 Å². The van der Waals surface area contributed by atoms with Crippen molar-refractivity contribution in [3.05, 3.63) is 65.2 Å². The van der Waals surface area contributed by atoms with Crippen LogP contribution in [0.5, 0.6) is 17.2 Å². The topological polar surface area (TPSA) is 172 Å². The molecule has 0 unspecified atom stereocenters. The highest BCUT2D eigenvalue weighted by Gasteiger charge is 2.50. The van der Waals surface area contributed by atoms with Crippen LogP contribution in [0.1, 0.15) is 34.3 Å². The van der Waals surface area contributed by atoms with Crippen molar-refractivity contribution in [3.8, 4) is 17.2 Å². The minimum absolute atomic E-state index is 0.0317. The predicted molar refractivity (Wildman–Crippen MR) is 170 cm³/mol. The third-order valence-electron chi connectivity index (χ3n) is 8.35. The summed E-state index contributed by atoms with van der Waals surface area (Å²) >= 11 is 0. The van der Waals surface area contributed by atoms with E-state index in [0.717, 1.165) is 5.56 Å². The van der Waals surface area contributed by atoms with E-state index in [1.165, 1.54) is 34.8 Å². The lowest BCUT2D eigenvalue weighted by Gasteiger charge is -2.44. The molecule has 2 aliphatic rings. The summed E-state index contributed by atoms with van der Waals surface area (Å²) in [7, 11) is 4.46. The Balaban J connectivity index is 1.61. The van der Waals surface area contributed by atoms with Gasteiger partial charge in [-0.3, -0.25) is 4.79 Å². The van der Waals surface area contributed by atoms with Crippen molar-refractivity contribution < 1.29 is 44.5 Å². The van der Waals surface area contributed by atoms with Crippen molar-refractivity contribution in [2.24, 2.45) is 11.7 Å². The Morgan fingerprint density at radius 1 is 1.02 bits per heavy atom. The number of phenols is 1. The second-order valence-electron chi connectivity index (χ2n) is 11.3. The lowest BCUT2D eigenvalue weighted by molar-refractivity contribution is -0.291. The molecule has 0 amide bonds. The molecule has 0 spiro atoms. The quantitative estimate of drug-likeness (QED) is 0.225. The van der Waals surface area contributed by atoms with Gasteiger partial charge in [0, 0.05) is 29.4 Å². The van der Waals surface area contributed by atoms with Crippen LogP contribution < -0.4 is 15.2 Å². The van der Waals surface area contributed by atoms with E-state index in [2.05, 4.69) is 0 Å². The van der Waals surface area contributed by atoms with Gasteiger partial charge in [0.15, 0.2) is 5.78 Å². The third kappa shape index (κ3) is 6.68. The molecule has 2 aliphatic heterocycles. The Morgan fingerprint density at radius 3 is 2.48 bits per heavy atom. The summed E-state index contributed by atoms with van der Waals surface area (Å²) in [5.41, 5.74) is 7.80. The molecule has 1 fully saturated rings. The highest BCUT2D eigenvalue weighted by atomic mass is 33.1. The van der Waals surface area contributed by atoms with Gasteiger partial charge in [-0.25, -0.2) is 0 Å². The molecule has 4 bridgehead atoms. The number of methoxy groups -OCH3 is 1. The van der Waals surface area contributed by atoms with E-state index in [1.807, 2.05) is 30.3 Å². The number of Topliss-reactive ketones (excluding diaryl/α,β-unsaturated/α-hetero) is 1. The monoisotopic (exact) mass is 645 g/mol. The number of ether oxygens (including phenoxy) is 3. The molecule has 10 nitrogen and oxygen atoms in total. The molecule has 0 saturated carbocycles. The first kappa shape index (κ1) is 32.8. The smallest absolute Gasteiger partial charge is 0.229 e. The van der Waals surface area contributed by atoms with E-state index in [0.29, 0.717) is 35.3 Å². The molecule has 238 valence electrons. The molecule has 3 aromatic carbocycles. The molecule has 0 aliphatic carbocycles. The van der Waals surface area contributed by atoms with Gasteiger partial charge in [-0.1, -0.05) is 58.0 Å². The summed E-state index contributed by atoms with van der Waals surface area (Å²) in [6, 6.07) is 14.7. The van der Waals surface area contributed by atoms with Gasteiger partial charge in [0.05, 0.1) is 24.2 Å². The van der Waals surface area contributed by atoms with Crippen LogP contribution in [0.2, 0.25) is 0 Å². The van der Waals surface area contributed by atoms with Crippen LogP contribution in [0.25, 0.3) is 10.8 Å². The van der Waals surface area contributed by atoms with Crippen LogP contribution in [-0.2, 0) is 11.2 Å². The molecule has 12 heteroatoms. The lowest BCUT2D eigenvalue weighted by Crippen LogP contribution is -2.63. The van der Waals surface area contributed by atoms with Crippen LogP contribution in [-0.4, -0.2) is 92.8 Å². The first-order valence-corrected chi connectivity index (χ1v) is 17.0. The van der Waals surface area contributed by atoms with Crippen molar-refractivity contribution in [2.75, 3.05) is 19.4 Å². The average molecular weight is 646 g/mol. The summed E-state index contributed by atoms with van der Waals surface area (Å²) in [6.07, 6.45) is -8.14.